The van der Waals surface area contributed by atoms with E-state index in [9.17, 15) is 0 Å². The van der Waals surface area contributed by atoms with Gasteiger partial charge in [0.15, 0.2) is 0 Å². The lowest BCUT2D eigenvalue weighted by atomic mass is 10.00. The minimum atomic E-state index is -2.21. The smallest absolute Gasteiger partial charge is 0.201 e. The third kappa shape index (κ3) is 6.20. The van der Waals surface area contributed by atoms with E-state index < -0.39 is 16.6 Å². The zero-order chi connectivity index (χ0) is 28.3. The minimum absolute atomic E-state index is 0.112. The zero-order valence-corrected chi connectivity index (χ0v) is 28.0. The Bertz CT molecular complexity index is 855. The molecule has 0 saturated carbocycles. The fraction of sp³-hybridized carbons (Fsp3) is 0.767. The average molecular weight is 549 g/mol. The van der Waals surface area contributed by atoms with Crippen LogP contribution in [0.15, 0.2) is 24.5 Å². The predicted octanol–water partition coefficient (Wildman–Crippen LogP) is 8.93. The lowest BCUT2D eigenvalue weighted by Crippen LogP contribution is -2.60. The van der Waals surface area contributed by atoms with E-state index in [1.54, 1.807) is 12.4 Å². The summed E-state index contributed by atoms with van der Waals surface area (Å²) >= 11 is 0. The van der Waals surface area contributed by atoms with E-state index >= 15 is 0 Å². The molecular formula is C30H56N2O3Si2. The molecule has 1 aliphatic heterocycles. The van der Waals surface area contributed by atoms with Crippen molar-refractivity contribution in [1.82, 2.24) is 4.98 Å². The molecule has 1 aliphatic rings. The monoisotopic (exact) mass is 548 g/mol. The molecule has 0 saturated heterocycles. The Balaban J connectivity index is 2.76. The number of pyridine rings is 1. The van der Waals surface area contributed by atoms with Gasteiger partial charge in [-0.15, -0.1) is 0 Å². The summed E-state index contributed by atoms with van der Waals surface area (Å²) in [5.74, 6) is 0.793. The van der Waals surface area contributed by atoms with Crippen molar-refractivity contribution in [2.45, 2.75) is 148 Å². The van der Waals surface area contributed by atoms with Crippen LogP contribution in [0.5, 0.6) is 0 Å². The van der Waals surface area contributed by atoms with Gasteiger partial charge in [-0.3, -0.25) is 4.98 Å². The van der Waals surface area contributed by atoms with Crippen LogP contribution < -0.4 is 5.73 Å². The molecule has 0 aromatic carbocycles. The van der Waals surface area contributed by atoms with Crippen molar-refractivity contribution in [3.63, 3.8) is 0 Å². The number of anilines is 1. The highest BCUT2D eigenvalue weighted by atomic mass is 28.4. The quantitative estimate of drug-likeness (QED) is 0.264. The number of nitrogen functional groups attached to an aromatic ring is 1. The molecule has 2 N–H and O–H groups in total. The highest BCUT2D eigenvalue weighted by Gasteiger charge is 2.53. The number of hydrogen-bond acceptors (Lipinski definition) is 5. The Morgan fingerprint density at radius 1 is 0.811 bits per heavy atom. The van der Waals surface area contributed by atoms with Crippen LogP contribution >= 0.6 is 0 Å². The summed E-state index contributed by atoms with van der Waals surface area (Å²) in [7, 11) is -4.40. The normalized spacial score (nSPS) is 21.5. The van der Waals surface area contributed by atoms with Crippen molar-refractivity contribution in [2.24, 2.45) is 0 Å². The summed E-state index contributed by atoms with van der Waals surface area (Å²) in [5, 5.41) is 0. The first-order chi connectivity index (χ1) is 17.2. The van der Waals surface area contributed by atoms with Crippen LogP contribution in [0.2, 0.25) is 33.2 Å². The molecule has 2 heterocycles. The first kappa shape index (κ1) is 32.1. The summed E-state index contributed by atoms with van der Waals surface area (Å²) in [6.07, 6.45) is 6.03. The molecule has 1 aromatic heterocycles. The lowest BCUT2D eigenvalue weighted by molar-refractivity contribution is -0.0452. The van der Waals surface area contributed by atoms with Crippen LogP contribution in [0.3, 0.4) is 0 Å². The molecule has 3 unspecified atom stereocenters. The number of nitrogens with zero attached hydrogens (tertiary/aromatic N) is 1. The Morgan fingerprint density at radius 2 is 1.27 bits per heavy atom. The molecule has 0 spiro atoms. The molecule has 3 atom stereocenters. The van der Waals surface area contributed by atoms with E-state index in [1.807, 2.05) is 6.07 Å². The van der Waals surface area contributed by atoms with E-state index in [0.29, 0.717) is 38.9 Å². The standard InChI is InChI=1S/C30H56N2O3Si2/c1-14-27-30(35-37(22(8)9,23(10)11)24(12)13)29(34-36(19(2)3,20(4)5)21(6)7)17-28(33-27)25-15-16-32-18-26(25)31/h15-24,27,29-30H,14,31H2,1-13H3. The van der Waals surface area contributed by atoms with Gasteiger partial charge >= 0.3 is 0 Å². The van der Waals surface area contributed by atoms with Crippen LogP contribution in [0, 0.1) is 0 Å². The first-order valence-electron chi connectivity index (χ1n) is 14.6. The average Bonchev–Trinajstić information content (AvgIpc) is 2.79. The molecule has 2 rings (SSSR count). The highest BCUT2D eigenvalue weighted by molar-refractivity contribution is 6.78. The fourth-order valence-electron chi connectivity index (χ4n) is 7.36. The van der Waals surface area contributed by atoms with Crippen molar-refractivity contribution in [2.75, 3.05) is 5.73 Å². The third-order valence-corrected chi connectivity index (χ3v) is 21.1. The molecule has 0 bridgehead atoms. The van der Waals surface area contributed by atoms with Gasteiger partial charge in [0.2, 0.25) is 16.6 Å². The van der Waals surface area contributed by atoms with E-state index in [2.05, 4.69) is 101 Å². The van der Waals surface area contributed by atoms with Gasteiger partial charge in [-0.2, -0.15) is 0 Å². The maximum absolute atomic E-state index is 7.51. The highest BCUT2D eigenvalue weighted by Crippen LogP contribution is 2.48. The Labute approximate surface area is 230 Å². The van der Waals surface area contributed by atoms with Crippen LogP contribution in [-0.4, -0.2) is 39.9 Å². The van der Waals surface area contributed by atoms with Crippen molar-refractivity contribution >= 4 is 28.1 Å². The van der Waals surface area contributed by atoms with Crippen LogP contribution in [0.1, 0.15) is 102 Å². The van der Waals surface area contributed by atoms with Gasteiger partial charge in [0, 0.05) is 11.8 Å². The number of hydrogen-bond donors (Lipinski definition) is 1. The number of aromatic nitrogens is 1. The lowest BCUT2D eigenvalue weighted by Gasteiger charge is -2.51. The number of nitrogens with two attached hydrogens (primary N) is 1. The minimum Gasteiger partial charge on any atom is -0.487 e. The zero-order valence-electron chi connectivity index (χ0n) is 26.0. The summed E-state index contributed by atoms with van der Waals surface area (Å²) in [4.78, 5) is 4.20. The van der Waals surface area contributed by atoms with Crippen molar-refractivity contribution in [1.29, 1.82) is 0 Å². The predicted molar refractivity (Wildman–Crippen MR) is 164 cm³/mol. The Morgan fingerprint density at radius 3 is 1.68 bits per heavy atom. The van der Waals surface area contributed by atoms with Crippen LogP contribution in [0.4, 0.5) is 5.69 Å². The van der Waals surface area contributed by atoms with Gasteiger partial charge in [0.05, 0.1) is 18.0 Å². The SMILES string of the molecule is CCC1OC(c2ccncc2N)=CC(O[Si](C(C)C)(C(C)C)C(C)C)C1O[Si](C(C)C)(C(C)C)C(C)C. The fourth-order valence-corrected chi connectivity index (χ4v) is 18.4. The molecule has 212 valence electrons. The molecular weight excluding hydrogens is 493 g/mol. The van der Waals surface area contributed by atoms with Gasteiger partial charge < -0.3 is 19.3 Å². The van der Waals surface area contributed by atoms with Crippen molar-refractivity contribution < 1.29 is 13.6 Å². The largest absolute Gasteiger partial charge is 0.487 e. The van der Waals surface area contributed by atoms with E-state index in [4.69, 9.17) is 19.3 Å². The second-order valence-electron chi connectivity index (χ2n) is 12.9. The summed E-state index contributed by atoms with van der Waals surface area (Å²) < 4.78 is 21.7. The summed E-state index contributed by atoms with van der Waals surface area (Å²) in [5.41, 5.74) is 10.7. The summed E-state index contributed by atoms with van der Waals surface area (Å²) in [6, 6.07) is 1.94. The molecule has 37 heavy (non-hydrogen) atoms. The number of ether oxygens (including phenoxy) is 1. The first-order valence-corrected chi connectivity index (χ1v) is 18.9. The maximum atomic E-state index is 7.51. The maximum Gasteiger partial charge on any atom is 0.201 e. The molecule has 0 fully saturated rings. The van der Waals surface area contributed by atoms with Crippen molar-refractivity contribution in [3.8, 4) is 0 Å². The van der Waals surface area contributed by atoms with Crippen molar-refractivity contribution in [3.05, 3.63) is 30.1 Å². The molecule has 0 aliphatic carbocycles. The Kier molecular flexibility index (Phi) is 11.1. The molecule has 5 nitrogen and oxygen atoms in total. The van der Waals surface area contributed by atoms with Gasteiger partial charge in [0.25, 0.3) is 0 Å². The molecule has 0 radical (unpaired) electrons. The van der Waals surface area contributed by atoms with Gasteiger partial charge in [-0.25, -0.2) is 0 Å². The topological polar surface area (TPSA) is 66.6 Å². The number of rotatable bonds is 12. The Hall–Kier alpha value is -1.16. The van der Waals surface area contributed by atoms with Crippen LogP contribution in [0.25, 0.3) is 5.76 Å². The van der Waals surface area contributed by atoms with E-state index in [0.717, 1.165) is 17.7 Å². The van der Waals surface area contributed by atoms with E-state index in [-0.39, 0.29) is 18.3 Å². The van der Waals surface area contributed by atoms with Crippen LogP contribution in [-0.2, 0) is 13.6 Å². The van der Waals surface area contributed by atoms with Gasteiger partial charge in [-0.05, 0) is 51.8 Å². The second-order valence-corrected chi connectivity index (χ2v) is 23.7. The molecule has 1 aromatic rings. The third-order valence-electron chi connectivity index (χ3n) is 8.90. The second kappa shape index (κ2) is 12.8. The molecule has 0 amide bonds. The van der Waals surface area contributed by atoms with Gasteiger partial charge in [0.1, 0.15) is 18.0 Å². The van der Waals surface area contributed by atoms with Gasteiger partial charge in [-0.1, -0.05) is 90.0 Å². The molecule has 7 heteroatoms. The summed E-state index contributed by atoms with van der Waals surface area (Å²) in [6.45, 7) is 30.4. The van der Waals surface area contributed by atoms with E-state index in [1.165, 1.54) is 0 Å².